The summed E-state index contributed by atoms with van der Waals surface area (Å²) in [6, 6.07) is 7.51. The maximum absolute atomic E-state index is 13.0. The highest BCUT2D eigenvalue weighted by Gasteiger charge is 2.36. The van der Waals surface area contributed by atoms with E-state index < -0.39 is 0 Å². The number of hydrogen-bond acceptors (Lipinski definition) is 3. The number of nitrogens with one attached hydrogen (secondary N) is 1. The van der Waals surface area contributed by atoms with Crippen molar-refractivity contribution in [2.24, 2.45) is 0 Å². The molecule has 2 aromatic rings. The van der Waals surface area contributed by atoms with Crippen molar-refractivity contribution in [3.05, 3.63) is 46.7 Å². The van der Waals surface area contributed by atoms with Crippen LogP contribution in [0.3, 0.4) is 0 Å². The molecule has 146 valence electrons. The summed E-state index contributed by atoms with van der Waals surface area (Å²) in [5.74, 6) is 0.116. The van der Waals surface area contributed by atoms with Crippen LogP contribution < -0.4 is 5.32 Å². The largest absolute Gasteiger partial charge is 0.350 e. The molecule has 0 spiro atoms. The highest BCUT2D eigenvalue weighted by Crippen LogP contribution is 2.33. The molecule has 3 rings (SSSR count). The maximum Gasteiger partial charge on any atom is 0.254 e. The van der Waals surface area contributed by atoms with Gasteiger partial charge in [-0.15, -0.1) is 0 Å². The van der Waals surface area contributed by atoms with Crippen molar-refractivity contribution in [3.63, 3.8) is 0 Å². The first-order valence-electron chi connectivity index (χ1n) is 9.63. The van der Waals surface area contributed by atoms with Gasteiger partial charge in [-0.2, -0.15) is 5.10 Å². The molecular formula is C21H29ClN4O. The van der Waals surface area contributed by atoms with Gasteiger partial charge in [-0.3, -0.25) is 4.79 Å². The Balaban J connectivity index is 1.83. The van der Waals surface area contributed by atoms with Gasteiger partial charge in [-0.05, 0) is 57.1 Å². The Hall–Kier alpha value is -1.85. The second-order valence-electron chi connectivity index (χ2n) is 7.99. The van der Waals surface area contributed by atoms with Crippen LogP contribution in [0.4, 0.5) is 0 Å². The molecule has 1 saturated carbocycles. The first-order valence-corrected chi connectivity index (χ1v) is 10.0. The van der Waals surface area contributed by atoms with Crippen LogP contribution in [0.15, 0.2) is 30.5 Å². The summed E-state index contributed by atoms with van der Waals surface area (Å²) in [6.07, 6.45) is 6.37. The Morgan fingerprint density at radius 2 is 1.89 bits per heavy atom. The van der Waals surface area contributed by atoms with E-state index in [2.05, 4.69) is 43.3 Å². The first kappa shape index (κ1) is 19.9. The molecule has 0 atom stereocenters. The quantitative estimate of drug-likeness (QED) is 0.804. The molecule has 5 nitrogen and oxygen atoms in total. The number of halogens is 1. The van der Waals surface area contributed by atoms with Crippen LogP contribution in [0.5, 0.6) is 0 Å². The zero-order valence-electron chi connectivity index (χ0n) is 16.6. The van der Waals surface area contributed by atoms with E-state index >= 15 is 0 Å². The van der Waals surface area contributed by atoms with E-state index in [1.54, 1.807) is 6.20 Å². The molecule has 1 fully saturated rings. The molecule has 6 heteroatoms. The van der Waals surface area contributed by atoms with Crippen LogP contribution in [0.25, 0.3) is 5.69 Å². The lowest BCUT2D eigenvalue weighted by atomic mass is 9.95. The van der Waals surface area contributed by atoms with Crippen molar-refractivity contribution in [2.45, 2.75) is 51.0 Å². The van der Waals surface area contributed by atoms with Crippen LogP contribution in [-0.4, -0.2) is 46.8 Å². The molecule has 1 aliphatic carbocycles. The SMILES string of the molecule is CC(C)c1c(C(=O)NCC2(N(C)C)CCCC2)cnn1-c1ccc(Cl)cc1. The second kappa shape index (κ2) is 8.03. The Morgan fingerprint density at radius 1 is 1.26 bits per heavy atom. The van der Waals surface area contributed by atoms with Gasteiger partial charge in [0.1, 0.15) is 0 Å². The van der Waals surface area contributed by atoms with Crippen LogP contribution in [0.1, 0.15) is 61.5 Å². The molecule has 1 aliphatic rings. The molecule has 0 saturated heterocycles. The topological polar surface area (TPSA) is 50.2 Å². The molecular weight excluding hydrogens is 360 g/mol. The molecule has 1 aromatic carbocycles. The van der Waals surface area contributed by atoms with Gasteiger partial charge in [0.2, 0.25) is 0 Å². The molecule has 1 aromatic heterocycles. The van der Waals surface area contributed by atoms with Crippen molar-refractivity contribution in [3.8, 4) is 5.69 Å². The van der Waals surface area contributed by atoms with E-state index in [9.17, 15) is 4.79 Å². The first-order chi connectivity index (χ1) is 12.8. The molecule has 1 N–H and O–H groups in total. The number of benzene rings is 1. The molecule has 0 aliphatic heterocycles. The van der Waals surface area contributed by atoms with Crippen molar-refractivity contribution in [1.29, 1.82) is 0 Å². The zero-order chi connectivity index (χ0) is 19.6. The van der Waals surface area contributed by atoms with E-state index in [0.29, 0.717) is 17.1 Å². The Kier molecular flexibility index (Phi) is 5.92. The third-order valence-electron chi connectivity index (χ3n) is 5.73. The van der Waals surface area contributed by atoms with Crippen molar-refractivity contribution >= 4 is 17.5 Å². The van der Waals surface area contributed by atoms with Gasteiger partial charge in [-0.1, -0.05) is 38.3 Å². The number of hydrogen-bond donors (Lipinski definition) is 1. The zero-order valence-corrected chi connectivity index (χ0v) is 17.4. The van der Waals surface area contributed by atoms with Crippen molar-refractivity contribution in [1.82, 2.24) is 20.0 Å². The number of aromatic nitrogens is 2. The minimum absolute atomic E-state index is 0.0490. The fourth-order valence-electron chi connectivity index (χ4n) is 4.03. The third-order valence-corrected chi connectivity index (χ3v) is 5.98. The van der Waals surface area contributed by atoms with Gasteiger partial charge in [0, 0.05) is 17.1 Å². The van der Waals surface area contributed by atoms with E-state index in [1.165, 1.54) is 12.8 Å². The van der Waals surface area contributed by atoms with Crippen LogP contribution in [0, 0.1) is 0 Å². The predicted molar refractivity (Wildman–Crippen MR) is 110 cm³/mol. The number of amides is 1. The summed E-state index contributed by atoms with van der Waals surface area (Å²) >= 11 is 6.00. The Bertz CT molecular complexity index is 789. The molecule has 0 unspecified atom stereocenters. The Morgan fingerprint density at radius 3 is 2.44 bits per heavy atom. The predicted octanol–water partition coefficient (Wildman–Crippen LogP) is 4.25. The fourth-order valence-corrected chi connectivity index (χ4v) is 4.16. The van der Waals surface area contributed by atoms with E-state index in [1.807, 2.05) is 28.9 Å². The van der Waals surface area contributed by atoms with Crippen LogP contribution in [0.2, 0.25) is 5.02 Å². The number of likely N-dealkylation sites (N-methyl/N-ethyl adjacent to an activating group) is 1. The number of carbonyl (C=O) groups is 1. The summed E-state index contributed by atoms with van der Waals surface area (Å²) in [4.78, 5) is 15.3. The number of carbonyl (C=O) groups excluding carboxylic acids is 1. The summed E-state index contributed by atoms with van der Waals surface area (Å²) in [5, 5.41) is 8.35. The standard InChI is InChI=1S/C21H29ClN4O/c1-15(2)19-18(13-24-26(19)17-9-7-16(22)8-10-17)20(27)23-14-21(25(3)4)11-5-6-12-21/h7-10,13,15H,5-6,11-12,14H2,1-4H3,(H,23,27). The van der Waals surface area contributed by atoms with Gasteiger partial charge >= 0.3 is 0 Å². The molecule has 0 radical (unpaired) electrons. The molecule has 27 heavy (non-hydrogen) atoms. The number of nitrogens with zero attached hydrogens (tertiary/aromatic N) is 3. The molecule has 0 bridgehead atoms. The Labute approximate surface area is 166 Å². The smallest absolute Gasteiger partial charge is 0.254 e. The van der Waals surface area contributed by atoms with Crippen molar-refractivity contribution in [2.75, 3.05) is 20.6 Å². The minimum Gasteiger partial charge on any atom is -0.350 e. The average Bonchev–Trinajstić information content (AvgIpc) is 3.28. The lowest BCUT2D eigenvalue weighted by molar-refractivity contribution is 0.0898. The highest BCUT2D eigenvalue weighted by atomic mass is 35.5. The van der Waals surface area contributed by atoms with Gasteiger partial charge in [-0.25, -0.2) is 4.68 Å². The van der Waals surface area contributed by atoms with Crippen LogP contribution in [-0.2, 0) is 0 Å². The second-order valence-corrected chi connectivity index (χ2v) is 8.43. The van der Waals surface area contributed by atoms with Crippen LogP contribution >= 0.6 is 11.6 Å². The van der Waals surface area contributed by atoms with E-state index in [4.69, 9.17) is 11.6 Å². The average molecular weight is 389 g/mol. The van der Waals surface area contributed by atoms with Gasteiger partial charge in [0.05, 0.1) is 23.1 Å². The monoisotopic (exact) mass is 388 g/mol. The fraction of sp³-hybridized carbons (Fsp3) is 0.524. The summed E-state index contributed by atoms with van der Waals surface area (Å²) < 4.78 is 1.84. The van der Waals surface area contributed by atoms with E-state index in [-0.39, 0.29) is 17.4 Å². The normalized spacial score (nSPS) is 16.3. The maximum atomic E-state index is 13.0. The minimum atomic E-state index is -0.0490. The summed E-state index contributed by atoms with van der Waals surface area (Å²) in [6.45, 7) is 4.83. The lowest BCUT2D eigenvalue weighted by Crippen LogP contribution is -2.50. The summed E-state index contributed by atoms with van der Waals surface area (Å²) in [5.41, 5.74) is 2.54. The van der Waals surface area contributed by atoms with Gasteiger partial charge in [0.15, 0.2) is 0 Å². The lowest BCUT2D eigenvalue weighted by Gasteiger charge is -2.36. The summed E-state index contributed by atoms with van der Waals surface area (Å²) in [7, 11) is 4.21. The highest BCUT2D eigenvalue weighted by molar-refractivity contribution is 6.30. The van der Waals surface area contributed by atoms with Gasteiger partial charge < -0.3 is 10.2 Å². The van der Waals surface area contributed by atoms with Gasteiger partial charge in [0.25, 0.3) is 5.91 Å². The molecule has 1 heterocycles. The molecule has 1 amide bonds. The van der Waals surface area contributed by atoms with Crippen molar-refractivity contribution < 1.29 is 4.79 Å². The third kappa shape index (κ3) is 4.04. The number of rotatable bonds is 6. The van der Waals surface area contributed by atoms with E-state index in [0.717, 1.165) is 24.2 Å².